The highest BCUT2D eigenvalue weighted by Gasteiger charge is 2.43. The van der Waals surface area contributed by atoms with Gasteiger partial charge in [0.05, 0.1) is 11.1 Å². The molecule has 10 heteroatoms. The maximum atomic E-state index is 12.0. The predicted octanol–water partition coefficient (Wildman–Crippen LogP) is 1.51. The molecule has 0 aliphatic carbocycles. The molecule has 1 N–H and O–H groups in total. The highest BCUT2D eigenvalue weighted by molar-refractivity contribution is 8.01. The van der Waals surface area contributed by atoms with Gasteiger partial charge in [0.25, 0.3) is 0 Å². The van der Waals surface area contributed by atoms with Gasteiger partial charge in [0.2, 0.25) is 10.0 Å². The van der Waals surface area contributed by atoms with E-state index in [-0.39, 0.29) is 5.75 Å². The summed E-state index contributed by atoms with van der Waals surface area (Å²) >= 11 is 1.15. The standard InChI is InChI=1S/C9H14F3NO4S2/c1-6-13(7(5-18-6)8(14)15)19(16,17)4-2-3-9(10,11)12/h6-7H,2-5H2,1H3,(H,14,15). The van der Waals surface area contributed by atoms with Crippen LogP contribution in [0.5, 0.6) is 0 Å². The Morgan fingerprint density at radius 1 is 1.47 bits per heavy atom. The van der Waals surface area contributed by atoms with E-state index in [9.17, 15) is 26.4 Å². The average Bonchev–Trinajstić information content (AvgIpc) is 2.58. The van der Waals surface area contributed by atoms with E-state index in [0.717, 1.165) is 16.1 Å². The van der Waals surface area contributed by atoms with Gasteiger partial charge in [0.15, 0.2) is 0 Å². The summed E-state index contributed by atoms with van der Waals surface area (Å²) < 4.78 is 60.6. The average molecular weight is 321 g/mol. The van der Waals surface area contributed by atoms with E-state index < -0.39 is 52.2 Å². The maximum Gasteiger partial charge on any atom is 0.389 e. The number of carboxylic acids is 1. The molecule has 0 bridgehead atoms. The molecule has 0 saturated carbocycles. The molecule has 0 amide bonds. The van der Waals surface area contributed by atoms with Gasteiger partial charge in [-0.2, -0.15) is 17.5 Å². The minimum Gasteiger partial charge on any atom is -0.480 e. The summed E-state index contributed by atoms with van der Waals surface area (Å²) in [5, 5.41) is 8.35. The number of sulfonamides is 1. The molecule has 0 aromatic rings. The van der Waals surface area contributed by atoms with Crippen molar-refractivity contribution in [3.63, 3.8) is 0 Å². The minimum atomic E-state index is -4.41. The summed E-state index contributed by atoms with van der Waals surface area (Å²) in [5.74, 6) is -1.87. The highest BCUT2D eigenvalue weighted by atomic mass is 32.2. The zero-order valence-electron chi connectivity index (χ0n) is 10.1. The Balaban J connectivity index is 2.72. The fourth-order valence-corrected chi connectivity index (χ4v) is 5.24. The fraction of sp³-hybridized carbons (Fsp3) is 0.889. The van der Waals surface area contributed by atoms with E-state index >= 15 is 0 Å². The summed E-state index contributed by atoms with van der Waals surface area (Å²) in [4.78, 5) is 10.9. The number of hydrogen-bond acceptors (Lipinski definition) is 4. The number of thioether (sulfide) groups is 1. The number of nitrogens with zero attached hydrogens (tertiary/aromatic N) is 1. The summed E-state index contributed by atoms with van der Waals surface area (Å²) in [5.41, 5.74) is 0. The Bertz CT molecular complexity index is 437. The second-order valence-corrected chi connectivity index (χ2v) is 7.49. The molecule has 5 nitrogen and oxygen atoms in total. The summed E-state index contributed by atoms with van der Waals surface area (Å²) in [6.07, 6.45) is -6.17. The van der Waals surface area contributed by atoms with Crippen LogP contribution in [-0.4, -0.2) is 52.9 Å². The van der Waals surface area contributed by atoms with Crippen LogP contribution in [0.4, 0.5) is 13.2 Å². The number of alkyl halides is 3. The van der Waals surface area contributed by atoms with Gasteiger partial charge < -0.3 is 5.11 Å². The molecule has 2 unspecified atom stereocenters. The third-order valence-corrected chi connectivity index (χ3v) is 6.00. The number of carboxylic acid groups (broad SMARTS) is 1. The van der Waals surface area contributed by atoms with Crippen molar-refractivity contribution in [3.05, 3.63) is 0 Å². The van der Waals surface area contributed by atoms with Crippen molar-refractivity contribution in [2.75, 3.05) is 11.5 Å². The van der Waals surface area contributed by atoms with Crippen LogP contribution < -0.4 is 0 Å². The molecule has 1 aliphatic heterocycles. The number of hydrogen-bond donors (Lipinski definition) is 1. The lowest BCUT2D eigenvalue weighted by atomic mass is 10.3. The van der Waals surface area contributed by atoms with Crippen LogP contribution in [0.1, 0.15) is 19.8 Å². The molecular formula is C9H14F3NO4S2. The van der Waals surface area contributed by atoms with Crippen molar-refractivity contribution in [1.82, 2.24) is 4.31 Å². The first kappa shape index (κ1) is 16.6. The van der Waals surface area contributed by atoms with Crippen molar-refractivity contribution in [2.24, 2.45) is 0 Å². The molecule has 1 saturated heterocycles. The number of carbonyl (C=O) groups is 1. The summed E-state index contributed by atoms with van der Waals surface area (Å²) in [7, 11) is -3.99. The van der Waals surface area contributed by atoms with E-state index in [0.29, 0.717) is 0 Å². The molecule has 1 heterocycles. The van der Waals surface area contributed by atoms with Crippen LogP contribution in [0.3, 0.4) is 0 Å². The van der Waals surface area contributed by atoms with Gasteiger partial charge in [-0.15, -0.1) is 11.8 Å². The molecule has 19 heavy (non-hydrogen) atoms. The van der Waals surface area contributed by atoms with Crippen molar-refractivity contribution in [2.45, 2.75) is 37.4 Å². The smallest absolute Gasteiger partial charge is 0.389 e. The van der Waals surface area contributed by atoms with Crippen molar-refractivity contribution >= 4 is 27.8 Å². The first-order valence-electron chi connectivity index (χ1n) is 5.47. The maximum absolute atomic E-state index is 12.0. The Labute approximate surface area is 113 Å². The van der Waals surface area contributed by atoms with Gasteiger partial charge in [-0.05, 0) is 13.3 Å². The van der Waals surface area contributed by atoms with E-state index in [1.165, 1.54) is 6.92 Å². The number of aliphatic carboxylic acids is 1. The molecule has 2 atom stereocenters. The van der Waals surface area contributed by atoms with Crippen molar-refractivity contribution in [1.29, 1.82) is 0 Å². The largest absolute Gasteiger partial charge is 0.480 e. The van der Waals surface area contributed by atoms with Gasteiger partial charge >= 0.3 is 12.1 Å². The normalized spacial score (nSPS) is 25.7. The van der Waals surface area contributed by atoms with E-state index in [2.05, 4.69) is 0 Å². The highest BCUT2D eigenvalue weighted by Crippen LogP contribution is 2.32. The zero-order chi connectivity index (χ0) is 14.8. The quantitative estimate of drug-likeness (QED) is 0.831. The third-order valence-electron chi connectivity index (χ3n) is 2.63. The molecule has 0 aromatic heterocycles. The topological polar surface area (TPSA) is 74.7 Å². The van der Waals surface area contributed by atoms with Crippen LogP contribution >= 0.6 is 11.8 Å². The predicted molar refractivity (Wildman–Crippen MR) is 64.3 cm³/mol. The molecule has 0 spiro atoms. The number of halogens is 3. The molecule has 0 radical (unpaired) electrons. The van der Waals surface area contributed by atoms with E-state index in [1.807, 2.05) is 0 Å². The van der Waals surface area contributed by atoms with Crippen molar-refractivity contribution in [3.8, 4) is 0 Å². The molecule has 112 valence electrons. The van der Waals surface area contributed by atoms with Gasteiger partial charge in [-0.3, -0.25) is 4.79 Å². The molecule has 1 rings (SSSR count). The SMILES string of the molecule is CC1SCC(C(=O)O)N1S(=O)(=O)CCCC(F)(F)F. The van der Waals surface area contributed by atoms with Crippen molar-refractivity contribution < 1.29 is 31.5 Å². The van der Waals surface area contributed by atoms with Crippen LogP contribution in [-0.2, 0) is 14.8 Å². The van der Waals surface area contributed by atoms with E-state index in [4.69, 9.17) is 5.11 Å². The van der Waals surface area contributed by atoms with Crippen LogP contribution in [0, 0.1) is 0 Å². The van der Waals surface area contributed by atoms with Gasteiger partial charge in [-0.25, -0.2) is 8.42 Å². The van der Waals surface area contributed by atoms with Gasteiger partial charge in [-0.1, -0.05) is 0 Å². The lowest BCUT2D eigenvalue weighted by Crippen LogP contribution is -2.45. The van der Waals surface area contributed by atoms with Gasteiger partial charge in [0.1, 0.15) is 6.04 Å². The first-order chi connectivity index (χ1) is 8.54. The van der Waals surface area contributed by atoms with E-state index in [1.54, 1.807) is 0 Å². The Morgan fingerprint density at radius 3 is 2.53 bits per heavy atom. The number of rotatable bonds is 5. The first-order valence-corrected chi connectivity index (χ1v) is 8.13. The van der Waals surface area contributed by atoms with Crippen LogP contribution in [0.15, 0.2) is 0 Å². The van der Waals surface area contributed by atoms with Crippen LogP contribution in [0.25, 0.3) is 0 Å². The second kappa shape index (κ2) is 5.88. The Morgan fingerprint density at radius 2 is 2.05 bits per heavy atom. The zero-order valence-corrected chi connectivity index (χ0v) is 11.7. The monoisotopic (exact) mass is 321 g/mol. The van der Waals surface area contributed by atoms with Crippen LogP contribution in [0.2, 0.25) is 0 Å². The summed E-state index contributed by atoms with van der Waals surface area (Å²) in [6.45, 7) is 1.52. The molecular weight excluding hydrogens is 307 g/mol. The molecule has 1 fully saturated rings. The molecule has 1 aliphatic rings. The minimum absolute atomic E-state index is 0.106. The molecule has 0 aromatic carbocycles. The lowest BCUT2D eigenvalue weighted by Gasteiger charge is -2.24. The second-order valence-electron chi connectivity index (χ2n) is 4.15. The Kier molecular flexibility index (Phi) is 5.13. The fourth-order valence-electron chi connectivity index (χ4n) is 1.79. The van der Waals surface area contributed by atoms with Gasteiger partial charge in [0, 0.05) is 12.2 Å². The Hall–Kier alpha value is -0.480. The third kappa shape index (κ3) is 4.53. The summed E-state index contributed by atoms with van der Waals surface area (Å²) in [6, 6.07) is -1.20. The lowest BCUT2D eigenvalue weighted by molar-refractivity contribution is -0.140.